The molecule has 0 aromatic heterocycles. The van der Waals surface area contributed by atoms with Crippen LogP contribution < -0.4 is 5.32 Å². The lowest BCUT2D eigenvalue weighted by Crippen LogP contribution is -2.29. The van der Waals surface area contributed by atoms with Crippen molar-refractivity contribution in [1.82, 2.24) is 0 Å². The molecule has 2 N–H and O–H groups in total. The molecule has 0 spiro atoms. The molecule has 0 saturated carbocycles. The van der Waals surface area contributed by atoms with Crippen molar-refractivity contribution in [2.75, 3.05) is 5.32 Å². The van der Waals surface area contributed by atoms with Crippen molar-refractivity contribution in [2.45, 2.75) is 56.8 Å². The molecule has 24 heavy (non-hydrogen) atoms. The van der Waals surface area contributed by atoms with Crippen molar-refractivity contribution in [1.29, 1.82) is 0 Å². The number of nitrogens with zero attached hydrogens (tertiary/aromatic N) is 1. The third-order valence-electron chi connectivity index (χ3n) is 2.94. The number of carbonyl (C=O) groups is 1. The van der Waals surface area contributed by atoms with Crippen molar-refractivity contribution in [2.24, 2.45) is 0 Å². The minimum absolute atomic E-state index is 0.139. The minimum Gasteiger partial charge on any atom is -0.506 e. The Labute approximate surface area is 142 Å². The molecule has 0 atom stereocenters. The number of anilines is 1. The average molecular weight is 354 g/mol. The van der Waals surface area contributed by atoms with Crippen LogP contribution in [0, 0.1) is 6.57 Å². The van der Waals surface area contributed by atoms with E-state index in [-0.39, 0.29) is 11.4 Å². The molecule has 1 aromatic carbocycles. The van der Waals surface area contributed by atoms with Gasteiger partial charge in [0.15, 0.2) is 9.84 Å². The van der Waals surface area contributed by atoms with Crippen LogP contribution in [0.2, 0.25) is 0 Å². The summed E-state index contributed by atoms with van der Waals surface area (Å²) in [5, 5.41) is 12.7. The molecule has 0 heterocycles. The summed E-state index contributed by atoms with van der Waals surface area (Å²) < 4.78 is 29.2. The number of hydrogen-bond acceptors (Lipinski definition) is 5. The molecular weight excluding hydrogens is 332 g/mol. The van der Waals surface area contributed by atoms with Crippen LogP contribution in [0.15, 0.2) is 17.0 Å². The monoisotopic (exact) mass is 354 g/mol. The second-order valence-electron chi connectivity index (χ2n) is 7.16. The third-order valence-corrected chi connectivity index (χ3v) is 5.49. The van der Waals surface area contributed by atoms with E-state index in [1.165, 1.54) is 32.9 Å². The van der Waals surface area contributed by atoms with Crippen molar-refractivity contribution in [3.05, 3.63) is 23.5 Å². The van der Waals surface area contributed by atoms with Crippen LogP contribution >= 0.6 is 0 Å². The predicted molar refractivity (Wildman–Crippen MR) is 91.2 cm³/mol. The van der Waals surface area contributed by atoms with Gasteiger partial charge in [-0.3, -0.25) is 5.32 Å². The number of sulfone groups is 1. The first kappa shape index (κ1) is 19.8. The molecule has 1 amide bonds. The summed E-state index contributed by atoms with van der Waals surface area (Å²) in [5.74, 6) is -0.677. The fourth-order valence-corrected chi connectivity index (χ4v) is 3.10. The topological polar surface area (TPSA) is 97.1 Å². The Morgan fingerprint density at radius 3 is 2.17 bits per heavy atom. The number of amides is 1. The fraction of sp³-hybridized carbons (Fsp3) is 0.500. The van der Waals surface area contributed by atoms with Gasteiger partial charge in [-0.1, -0.05) is 6.07 Å². The van der Waals surface area contributed by atoms with Gasteiger partial charge in [-0.05, 0) is 47.6 Å². The van der Waals surface area contributed by atoms with E-state index in [0.29, 0.717) is 0 Å². The van der Waals surface area contributed by atoms with Crippen molar-refractivity contribution in [3.8, 4) is 5.75 Å². The largest absolute Gasteiger partial charge is 0.506 e. The Bertz CT molecular complexity index is 793. The van der Waals surface area contributed by atoms with E-state index < -0.39 is 36.9 Å². The zero-order valence-corrected chi connectivity index (χ0v) is 15.4. The quantitative estimate of drug-likeness (QED) is 0.621. The van der Waals surface area contributed by atoms with E-state index in [4.69, 9.17) is 11.3 Å². The Hall–Kier alpha value is -2.27. The Morgan fingerprint density at radius 2 is 1.75 bits per heavy atom. The molecule has 7 nitrogen and oxygen atoms in total. The van der Waals surface area contributed by atoms with Gasteiger partial charge >= 0.3 is 6.09 Å². The van der Waals surface area contributed by atoms with Crippen LogP contribution in [0.5, 0.6) is 5.75 Å². The summed E-state index contributed by atoms with van der Waals surface area (Å²) >= 11 is 0. The molecule has 0 saturated heterocycles. The molecule has 0 unspecified atom stereocenters. The highest BCUT2D eigenvalue weighted by Crippen LogP contribution is 2.42. The lowest BCUT2D eigenvalue weighted by atomic mass is 10.2. The number of benzene rings is 1. The van der Waals surface area contributed by atoms with E-state index in [9.17, 15) is 18.3 Å². The van der Waals surface area contributed by atoms with E-state index in [2.05, 4.69) is 10.2 Å². The molecule has 1 aromatic rings. The number of aromatic hydroxyl groups is 1. The standard InChI is InChI=1S/C16H22N2O5S/c1-15(2,3)23-14(20)18-10-8-9-11(17-7)13(12(10)19)24(21,22)16(4,5)6/h8-9,19H,1-6H3,(H,18,20). The SMILES string of the molecule is [C-]#[N+]c1ccc(NC(=O)OC(C)(C)C)c(O)c1S(=O)(=O)C(C)(C)C. The summed E-state index contributed by atoms with van der Waals surface area (Å²) in [6.07, 6.45) is -0.840. The summed E-state index contributed by atoms with van der Waals surface area (Å²) in [6.45, 7) is 16.5. The predicted octanol–water partition coefficient (Wildman–Crippen LogP) is 3.86. The lowest BCUT2D eigenvalue weighted by molar-refractivity contribution is 0.0635. The maximum absolute atomic E-state index is 12.7. The third kappa shape index (κ3) is 4.17. The molecule has 0 radical (unpaired) electrons. The molecule has 0 fully saturated rings. The number of rotatable bonds is 2. The zero-order chi connectivity index (χ0) is 18.9. The second-order valence-corrected chi connectivity index (χ2v) is 9.80. The normalized spacial score (nSPS) is 12.4. The highest BCUT2D eigenvalue weighted by atomic mass is 32.2. The molecule has 0 aliphatic rings. The maximum atomic E-state index is 12.7. The van der Waals surface area contributed by atoms with Crippen molar-refractivity contribution < 1.29 is 23.1 Å². The Kier molecular flexibility index (Phi) is 5.21. The number of nitrogens with one attached hydrogen (secondary N) is 1. The smallest absolute Gasteiger partial charge is 0.412 e. The number of phenols is 1. The number of carbonyl (C=O) groups excluding carboxylic acids is 1. The molecule has 0 aliphatic carbocycles. The minimum atomic E-state index is -4.00. The average Bonchev–Trinajstić information content (AvgIpc) is 2.36. The number of hydrogen-bond donors (Lipinski definition) is 2. The molecule has 0 aliphatic heterocycles. The van der Waals surface area contributed by atoms with Gasteiger partial charge < -0.3 is 9.84 Å². The molecule has 8 heteroatoms. The second kappa shape index (κ2) is 6.32. The van der Waals surface area contributed by atoms with E-state index >= 15 is 0 Å². The van der Waals surface area contributed by atoms with Gasteiger partial charge in [0.05, 0.1) is 17.0 Å². The van der Waals surface area contributed by atoms with Gasteiger partial charge in [-0.15, -0.1) is 0 Å². The van der Waals surface area contributed by atoms with Gasteiger partial charge in [0.2, 0.25) is 5.69 Å². The molecule has 0 bridgehead atoms. The Balaban J connectivity index is 3.44. The van der Waals surface area contributed by atoms with E-state index in [0.717, 1.165) is 0 Å². The van der Waals surface area contributed by atoms with Gasteiger partial charge in [0.1, 0.15) is 16.2 Å². The molecule has 132 valence electrons. The van der Waals surface area contributed by atoms with Gasteiger partial charge in [-0.25, -0.2) is 18.1 Å². The van der Waals surface area contributed by atoms with Crippen LogP contribution in [0.3, 0.4) is 0 Å². The fourth-order valence-electron chi connectivity index (χ4n) is 1.73. The molecular formula is C16H22N2O5S. The number of ether oxygens (including phenoxy) is 1. The highest BCUT2D eigenvalue weighted by molar-refractivity contribution is 7.93. The van der Waals surface area contributed by atoms with Gasteiger partial charge in [0, 0.05) is 0 Å². The summed E-state index contributed by atoms with van der Waals surface area (Å²) in [7, 11) is -4.00. The van der Waals surface area contributed by atoms with Crippen LogP contribution in [-0.2, 0) is 14.6 Å². The highest BCUT2D eigenvalue weighted by Gasteiger charge is 2.36. The Morgan fingerprint density at radius 1 is 1.21 bits per heavy atom. The maximum Gasteiger partial charge on any atom is 0.412 e. The summed E-state index contributed by atoms with van der Waals surface area (Å²) in [6, 6.07) is 2.49. The molecule has 1 rings (SSSR count). The van der Waals surface area contributed by atoms with Crippen molar-refractivity contribution in [3.63, 3.8) is 0 Å². The van der Waals surface area contributed by atoms with Crippen LogP contribution in [0.25, 0.3) is 4.85 Å². The first-order valence-electron chi connectivity index (χ1n) is 7.19. The van der Waals surface area contributed by atoms with Crippen LogP contribution in [-0.4, -0.2) is 30.0 Å². The van der Waals surface area contributed by atoms with Crippen LogP contribution in [0.4, 0.5) is 16.2 Å². The first-order valence-corrected chi connectivity index (χ1v) is 8.67. The van der Waals surface area contributed by atoms with Crippen LogP contribution in [0.1, 0.15) is 41.5 Å². The summed E-state index contributed by atoms with van der Waals surface area (Å²) in [4.78, 5) is 14.5. The van der Waals surface area contributed by atoms with Gasteiger partial charge in [0.25, 0.3) is 0 Å². The summed E-state index contributed by atoms with van der Waals surface area (Å²) in [5.41, 5.74) is -1.10. The van der Waals surface area contributed by atoms with E-state index in [1.807, 2.05) is 0 Å². The first-order chi connectivity index (χ1) is 10.7. The lowest BCUT2D eigenvalue weighted by Gasteiger charge is -2.23. The van der Waals surface area contributed by atoms with Crippen molar-refractivity contribution >= 4 is 27.3 Å². The van der Waals surface area contributed by atoms with Gasteiger partial charge in [-0.2, -0.15) is 0 Å². The number of phenolic OH excluding ortho intramolecular Hbond substituents is 1. The zero-order valence-electron chi connectivity index (χ0n) is 14.6. The van der Waals surface area contributed by atoms with E-state index in [1.54, 1.807) is 20.8 Å².